The van der Waals surface area contributed by atoms with E-state index in [-0.39, 0.29) is 0 Å². The van der Waals surface area contributed by atoms with E-state index in [2.05, 4.69) is 6.58 Å². The van der Waals surface area contributed by atoms with Crippen molar-refractivity contribution in [2.75, 3.05) is 12.4 Å². The Hall–Kier alpha value is -1.26. The largest absolute Gasteiger partial charge is 0.423 e. The van der Waals surface area contributed by atoms with E-state index in [9.17, 15) is 4.79 Å². The molecule has 1 fully saturated rings. The van der Waals surface area contributed by atoms with Crippen LogP contribution in [-0.4, -0.2) is 24.4 Å². The first-order chi connectivity index (χ1) is 7.78. The van der Waals surface area contributed by atoms with Gasteiger partial charge in [0.2, 0.25) is 0 Å². The zero-order valence-corrected chi connectivity index (χ0v) is 9.53. The summed E-state index contributed by atoms with van der Waals surface area (Å²) in [6.45, 7) is 4.21. The van der Waals surface area contributed by atoms with Crippen LogP contribution in [-0.2, 0) is 9.53 Å². The molecule has 0 radical (unpaired) electrons. The molecule has 1 saturated heterocycles. The number of esters is 1. The van der Waals surface area contributed by atoms with E-state index in [1.807, 2.05) is 18.2 Å². The second kappa shape index (κ2) is 5.18. The smallest absolute Gasteiger partial charge is 0.335 e. The van der Waals surface area contributed by atoms with Crippen molar-refractivity contribution in [3.63, 3.8) is 0 Å². The number of benzene rings is 1. The summed E-state index contributed by atoms with van der Waals surface area (Å²) in [5.74, 6) is 1.05. The first-order valence-corrected chi connectivity index (χ1v) is 5.95. The van der Waals surface area contributed by atoms with Crippen molar-refractivity contribution in [1.29, 1.82) is 0 Å². The third-order valence-corrected chi connectivity index (χ3v) is 3.15. The number of carbonyl (C=O) groups excluding carboxylic acids is 1. The molecule has 84 valence electrons. The lowest BCUT2D eigenvalue weighted by molar-refractivity contribution is -0.128. The van der Waals surface area contributed by atoms with Gasteiger partial charge in [0.1, 0.15) is 5.75 Å². The Balaban J connectivity index is 1.94. The lowest BCUT2D eigenvalue weighted by atomic mass is 10.3. The number of carbonyl (C=O) groups is 1. The van der Waals surface area contributed by atoms with E-state index < -0.39 is 5.97 Å². The monoisotopic (exact) mass is 236 g/mol. The van der Waals surface area contributed by atoms with E-state index in [0.29, 0.717) is 11.9 Å². The van der Waals surface area contributed by atoms with Crippen LogP contribution in [0.5, 0.6) is 5.75 Å². The number of epoxide rings is 1. The SMILES string of the molecule is C=CC(=O)Oc1cccc(SCC2CO2)c1. The Labute approximate surface area is 98.4 Å². The zero-order chi connectivity index (χ0) is 11.4. The predicted molar refractivity (Wildman–Crippen MR) is 62.7 cm³/mol. The third kappa shape index (κ3) is 3.40. The molecule has 1 unspecified atom stereocenters. The number of hydrogen-bond donors (Lipinski definition) is 0. The minimum Gasteiger partial charge on any atom is -0.423 e. The standard InChI is InChI=1S/C12H12O3S/c1-2-12(13)15-9-4-3-5-11(6-9)16-8-10-7-14-10/h2-6,10H,1,7-8H2. The topological polar surface area (TPSA) is 38.8 Å². The second-order valence-corrected chi connectivity index (χ2v) is 4.46. The summed E-state index contributed by atoms with van der Waals surface area (Å²) in [6, 6.07) is 7.44. The van der Waals surface area contributed by atoms with Crippen LogP contribution >= 0.6 is 11.8 Å². The minimum atomic E-state index is -0.437. The van der Waals surface area contributed by atoms with Crippen LogP contribution < -0.4 is 4.74 Å². The van der Waals surface area contributed by atoms with Gasteiger partial charge in [-0.15, -0.1) is 11.8 Å². The molecule has 2 rings (SSSR count). The maximum atomic E-state index is 11.0. The number of hydrogen-bond acceptors (Lipinski definition) is 4. The fraction of sp³-hybridized carbons (Fsp3) is 0.250. The molecule has 1 aromatic rings. The van der Waals surface area contributed by atoms with Crippen LogP contribution in [0.15, 0.2) is 41.8 Å². The van der Waals surface area contributed by atoms with Gasteiger partial charge in [0.25, 0.3) is 0 Å². The summed E-state index contributed by atoms with van der Waals surface area (Å²) in [5, 5.41) is 0. The van der Waals surface area contributed by atoms with E-state index >= 15 is 0 Å². The fourth-order valence-electron chi connectivity index (χ4n) is 1.14. The Morgan fingerprint density at radius 3 is 3.19 bits per heavy atom. The summed E-state index contributed by atoms with van der Waals surface area (Å²) in [6.07, 6.45) is 1.54. The van der Waals surface area contributed by atoms with Crippen molar-refractivity contribution < 1.29 is 14.3 Å². The quantitative estimate of drug-likeness (QED) is 0.258. The highest BCUT2D eigenvalue weighted by atomic mass is 32.2. The Bertz CT molecular complexity index is 399. The lowest BCUT2D eigenvalue weighted by Crippen LogP contribution is -2.02. The third-order valence-electron chi connectivity index (χ3n) is 2.03. The molecule has 1 atom stereocenters. The van der Waals surface area contributed by atoms with Gasteiger partial charge in [0, 0.05) is 16.7 Å². The zero-order valence-electron chi connectivity index (χ0n) is 8.72. The van der Waals surface area contributed by atoms with E-state index in [0.717, 1.165) is 23.3 Å². The summed E-state index contributed by atoms with van der Waals surface area (Å²) < 4.78 is 10.1. The molecule has 1 aliphatic heterocycles. The van der Waals surface area contributed by atoms with Gasteiger partial charge in [-0.05, 0) is 18.2 Å². The Morgan fingerprint density at radius 1 is 1.69 bits per heavy atom. The van der Waals surface area contributed by atoms with Crippen molar-refractivity contribution in [2.24, 2.45) is 0 Å². The van der Waals surface area contributed by atoms with Gasteiger partial charge < -0.3 is 9.47 Å². The molecule has 1 aromatic carbocycles. The molecular weight excluding hydrogens is 224 g/mol. The fourth-order valence-corrected chi connectivity index (χ4v) is 2.08. The van der Waals surface area contributed by atoms with Gasteiger partial charge in [-0.3, -0.25) is 0 Å². The van der Waals surface area contributed by atoms with E-state index in [4.69, 9.17) is 9.47 Å². The molecule has 4 heteroatoms. The summed E-state index contributed by atoms with van der Waals surface area (Å²) >= 11 is 1.70. The van der Waals surface area contributed by atoms with E-state index in [1.54, 1.807) is 17.8 Å². The lowest BCUT2D eigenvalue weighted by Gasteiger charge is -2.03. The van der Waals surface area contributed by atoms with E-state index in [1.165, 1.54) is 0 Å². The molecule has 0 saturated carbocycles. The Morgan fingerprint density at radius 2 is 2.50 bits per heavy atom. The minimum absolute atomic E-state index is 0.393. The maximum absolute atomic E-state index is 11.0. The van der Waals surface area contributed by atoms with Gasteiger partial charge in [-0.1, -0.05) is 12.6 Å². The van der Waals surface area contributed by atoms with Crippen molar-refractivity contribution in [1.82, 2.24) is 0 Å². The molecule has 0 bridgehead atoms. The van der Waals surface area contributed by atoms with Crippen molar-refractivity contribution >= 4 is 17.7 Å². The summed E-state index contributed by atoms with van der Waals surface area (Å²) in [5.41, 5.74) is 0. The highest BCUT2D eigenvalue weighted by molar-refractivity contribution is 7.99. The molecule has 1 heterocycles. The molecule has 16 heavy (non-hydrogen) atoms. The second-order valence-electron chi connectivity index (χ2n) is 3.37. The van der Waals surface area contributed by atoms with Crippen molar-refractivity contribution in [2.45, 2.75) is 11.0 Å². The van der Waals surface area contributed by atoms with Gasteiger partial charge in [0.15, 0.2) is 0 Å². The molecule has 3 nitrogen and oxygen atoms in total. The maximum Gasteiger partial charge on any atom is 0.335 e. The van der Waals surface area contributed by atoms with Crippen LogP contribution in [0.2, 0.25) is 0 Å². The molecule has 0 aliphatic carbocycles. The molecule has 0 N–H and O–H groups in total. The summed E-state index contributed by atoms with van der Waals surface area (Å²) in [7, 11) is 0. The number of thioether (sulfide) groups is 1. The number of rotatable bonds is 5. The van der Waals surface area contributed by atoms with Crippen LogP contribution in [0.1, 0.15) is 0 Å². The average Bonchev–Trinajstić information content (AvgIpc) is 3.10. The Kier molecular flexibility index (Phi) is 3.64. The average molecular weight is 236 g/mol. The first-order valence-electron chi connectivity index (χ1n) is 4.96. The number of ether oxygens (including phenoxy) is 2. The van der Waals surface area contributed by atoms with Gasteiger partial charge >= 0.3 is 5.97 Å². The van der Waals surface area contributed by atoms with Gasteiger partial charge in [-0.2, -0.15) is 0 Å². The van der Waals surface area contributed by atoms with Crippen LogP contribution in [0.4, 0.5) is 0 Å². The van der Waals surface area contributed by atoms with Crippen LogP contribution in [0, 0.1) is 0 Å². The van der Waals surface area contributed by atoms with Crippen molar-refractivity contribution in [3.8, 4) is 5.75 Å². The molecule has 0 amide bonds. The van der Waals surface area contributed by atoms with Gasteiger partial charge in [0.05, 0.1) is 12.7 Å². The molecule has 0 aromatic heterocycles. The molecular formula is C12H12O3S. The predicted octanol–water partition coefficient (Wildman–Crippen LogP) is 2.27. The van der Waals surface area contributed by atoms with Gasteiger partial charge in [-0.25, -0.2) is 4.79 Å². The molecule has 0 spiro atoms. The van der Waals surface area contributed by atoms with Crippen LogP contribution in [0.3, 0.4) is 0 Å². The highest BCUT2D eigenvalue weighted by Crippen LogP contribution is 2.26. The molecule has 1 aliphatic rings. The van der Waals surface area contributed by atoms with Crippen LogP contribution in [0.25, 0.3) is 0 Å². The first kappa shape index (κ1) is 11.2. The summed E-state index contributed by atoms with van der Waals surface area (Å²) in [4.78, 5) is 12.1. The van der Waals surface area contributed by atoms with Crippen molar-refractivity contribution in [3.05, 3.63) is 36.9 Å². The highest BCUT2D eigenvalue weighted by Gasteiger charge is 2.22. The normalized spacial score (nSPS) is 17.9.